The second-order valence-electron chi connectivity index (χ2n) is 9.14. The molecule has 188 valence electrons. The Hall–Kier alpha value is -3.80. The summed E-state index contributed by atoms with van der Waals surface area (Å²) in [6.45, 7) is 1.90. The maximum absolute atomic E-state index is 13.0. The van der Waals surface area contributed by atoms with Crippen LogP contribution in [0.5, 0.6) is 0 Å². The smallest absolute Gasteiger partial charge is 0.252 e. The lowest BCUT2D eigenvalue weighted by atomic mass is 10.1. The predicted molar refractivity (Wildman–Crippen MR) is 132 cm³/mol. The van der Waals surface area contributed by atoms with E-state index < -0.39 is 30.4 Å². The first-order valence-corrected chi connectivity index (χ1v) is 11.8. The van der Waals surface area contributed by atoms with Gasteiger partial charge in [0.05, 0.1) is 11.1 Å². The third-order valence-corrected chi connectivity index (χ3v) is 6.50. The molecule has 1 aromatic carbocycles. The molecule has 1 saturated heterocycles. The molecule has 0 bridgehead atoms. The molecule has 1 fully saturated rings. The molecule has 5 rings (SSSR count). The number of nitrogen functional groups attached to an aromatic ring is 1. The number of hydrogen-bond donors (Lipinski definition) is 4. The van der Waals surface area contributed by atoms with E-state index in [1.165, 1.54) is 11.9 Å². The molecule has 0 saturated carbocycles. The molecule has 4 aromatic rings. The Labute approximate surface area is 207 Å². The molecule has 1 unspecified atom stereocenters. The number of anilines is 1. The number of aryl methyl sites for hydroxylation is 2. The van der Waals surface area contributed by atoms with Gasteiger partial charge in [0.1, 0.15) is 30.0 Å². The topological polar surface area (TPSA) is 153 Å². The maximum Gasteiger partial charge on any atom is 0.252 e. The van der Waals surface area contributed by atoms with Crippen LogP contribution in [-0.2, 0) is 23.0 Å². The van der Waals surface area contributed by atoms with Gasteiger partial charge in [-0.25, -0.2) is 9.97 Å². The Morgan fingerprint density at radius 2 is 1.97 bits per heavy atom. The van der Waals surface area contributed by atoms with Gasteiger partial charge in [0.2, 0.25) is 0 Å². The fraction of sp³-hybridized carbons (Fsp3) is 0.360. The SMILES string of the molecule is CC(CCc1ccccc1)NC(=O)[C@H]1O[C@@H](n2cc(-c3ccn(C)n3)c3c(N)ncnc32)[C@H](O)[C@@H]1O. The molecular weight excluding hydrogens is 462 g/mol. The number of benzene rings is 1. The molecular formula is C25H29N7O4. The first-order valence-electron chi connectivity index (χ1n) is 11.8. The minimum absolute atomic E-state index is 0.152. The molecule has 3 aromatic heterocycles. The highest BCUT2D eigenvalue weighted by atomic mass is 16.6. The molecule has 11 heteroatoms. The average molecular weight is 492 g/mol. The lowest BCUT2D eigenvalue weighted by molar-refractivity contribution is -0.138. The third kappa shape index (κ3) is 4.43. The Kier molecular flexibility index (Phi) is 6.44. The van der Waals surface area contributed by atoms with Gasteiger partial charge in [-0.2, -0.15) is 5.10 Å². The van der Waals surface area contributed by atoms with Crippen molar-refractivity contribution in [2.24, 2.45) is 7.05 Å². The van der Waals surface area contributed by atoms with Gasteiger partial charge in [-0.3, -0.25) is 9.48 Å². The summed E-state index contributed by atoms with van der Waals surface area (Å²) in [6, 6.07) is 11.7. The van der Waals surface area contributed by atoms with Crippen LogP contribution in [0.4, 0.5) is 5.82 Å². The minimum Gasteiger partial charge on any atom is -0.387 e. The highest BCUT2D eigenvalue weighted by molar-refractivity contribution is 5.99. The van der Waals surface area contributed by atoms with Gasteiger partial charge in [-0.15, -0.1) is 0 Å². The van der Waals surface area contributed by atoms with E-state index in [4.69, 9.17) is 10.5 Å². The molecule has 0 radical (unpaired) electrons. The van der Waals surface area contributed by atoms with E-state index in [1.54, 1.807) is 28.7 Å². The van der Waals surface area contributed by atoms with Crippen LogP contribution >= 0.6 is 0 Å². The van der Waals surface area contributed by atoms with Crippen molar-refractivity contribution in [2.45, 2.75) is 50.3 Å². The van der Waals surface area contributed by atoms with E-state index in [9.17, 15) is 15.0 Å². The molecule has 1 amide bonds. The van der Waals surface area contributed by atoms with E-state index in [-0.39, 0.29) is 11.9 Å². The third-order valence-electron chi connectivity index (χ3n) is 6.50. The molecule has 5 atom stereocenters. The Balaban J connectivity index is 1.36. The van der Waals surface area contributed by atoms with Crippen molar-refractivity contribution in [1.29, 1.82) is 0 Å². The van der Waals surface area contributed by atoms with Crippen LogP contribution in [-0.4, -0.2) is 64.8 Å². The van der Waals surface area contributed by atoms with Gasteiger partial charge in [0.25, 0.3) is 5.91 Å². The summed E-state index contributed by atoms with van der Waals surface area (Å²) in [5.41, 5.74) is 9.02. The molecule has 4 heterocycles. The monoisotopic (exact) mass is 491 g/mol. The summed E-state index contributed by atoms with van der Waals surface area (Å²) in [5, 5.41) is 29.4. The fourth-order valence-electron chi connectivity index (χ4n) is 4.59. The number of hydrogen-bond acceptors (Lipinski definition) is 8. The lowest BCUT2D eigenvalue weighted by Crippen LogP contribution is -2.45. The van der Waals surface area contributed by atoms with Crippen molar-refractivity contribution in [3.05, 3.63) is 60.7 Å². The molecule has 5 N–H and O–H groups in total. The average Bonchev–Trinajstić information content (AvgIpc) is 3.55. The van der Waals surface area contributed by atoms with E-state index in [2.05, 4.69) is 20.4 Å². The first-order chi connectivity index (χ1) is 17.3. The van der Waals surface area contributed by atoms with Crippen LogP contribution in [0.3, 0.4) is 0 Å². The predicted octanol–water partition coefficient (Wildman–Crippen LogP) is 1.17. The number of ether oxygens (including phenoxy) is 1. The molecule has 0 aliphatic carbocycles. The zero-order valence-electron chi connectivity index (χ0n) is 20.0. The number of aromatic nitrogens is 5. The highest BCUT2D eigenvalue weighted by Crippen LogP contribution is 2.38. The van der Waals surface area contributed by atoms with Crippen molar-refractivity contribution >= 4 is 22.8 Å². The number of rotatable bonds is 7. The van der Waals surface area contributed by atoms with Crippen molar-refractivity contribution in [1.82, 2.24) is 29.6 Å². The molecule has 11 nitrogen and oxygen atoms in total. The summed E-state index contributed by atoms with van der Waals surface area (Å²) in [7, 11) is 1.80. The first kappa shape index (κ1) is 23.9. The Morgan fingerprint density at radius 1 is 1.19 bits per heavy atom. The van der Waals surface area contributed by atoms with E-state index in [1.807, 2.05) is 43.3 Å². The number of aliphatic hydroxyl groups is 2. The summed E-state index contributed by atoms with van der Waals surface area (Å²) in [4.78, 5) is 21.4. The van der Waals surface area contributed by atoms with Gasteiger partial charge in [0, 0.05) is 31.0 Å². The molecule has 1 aliphatic rings. The second-order valence-corrected chi connectivity index (χ2v) is 9.14. The van der Waals surface area contributed by atoms with E-state index in [0.29, 0.717) is 22.3 Å². The second kappa shape index (κ2) is 9.69. The molecule has 0 spiro atoms. The summed E-state index contributed by atoms with van der Waals surface area (Å²) >= 11 is 0. The van der Waals surface area contributed by atoms with Gasteiger partial charge < -0.3 is 30.6 Å². The maximum atomic E-state index is 13.0. The summed E-state index contributed by atoms with van der Waals surface area (Å²) < 4.78 is 9.15. The normalized spacial score (nSPS) is 22.7. The number of nitrogens with zero attached hydrogens (tertiary/aromatic N) is 5. The van der Waals surface area contributed by atoms with E-state index in [0.717, 1.165) is 12.8 Å². The van der Waals surface area contributed by atoms with Gasteiger partial charge in [-0.1, -0.05) is 30.3 Å². The summed E-state index contributed by atoms with van der Waals surface area (Å²) in [5.74, 6) is -0.242. The number of fused-ring (bicyclic) bond motifs is 1. The van der Waals surface area contributed by atoms with Crippen molar-refractivity contribution in [3.8, 4) is 11.3 Å². The van der Waals surface area contributed by atoms with Crippen LogP contribution in [0.2, 0.25) is 0 Å². The van der Waals surface area contributed by atoms with E-state index >= 15 is 0 Å². The number of aliphatic hydroxyl groups excluding tert-OH is 2. The van der Waals surface area contributed by atoms with Crippen LogP contribution in [0.1, 0.15) is 25.1 Å². The van der Waals surface area contributed by atoms with Crippen LogP contribution < -0.4 is 11.1 Å². The van der Waals surface area contributed by atoms with Crippen molar-refractivity contribution in [3.63, 3.8) is 0 Å². The minimum atomic E-state index is -1.42. The lowest BCUT2D eigenvalue weighted by Gasteiger charge is -2.19. The van der Waals surface area contributed by atoms with Crippen LogP contribution in [0.25, 0.3) is 22.3 Å². The standard InChI is InChI=1S/C25H29N7O4/c1-14(8-9-15-6-4-3-5-7-15)29-24(35)21-19(33)20(34)25(36-21)32-12-16(17-10-11-31(2)30-17)18-22(26)27-13-28-23(18)32/h3-7,10-14,19-21,25,33-34H,8-9H2,1-2H3,(H,29,35)(H2,26,27,28)/t14?,19-,20+,21-,25+/m0/s1. The van der Waals surface area contributed by atoms with Crippen molar-refractivity contribution in [2.75, 3.05) is 5.73 Å². The molecule has 36 heavy (non-hydrogen) atoms. The van der Waals surface area contributed by atoms with Gasteiger partial charge in [-0.05, 0) is 31.4 Å². The number of carbonyl (C=O) groups is 1. The van der Waals surface area contributed by atoms with Crippen LogP contribution in [0, 0.1) is 0 Å². The quantitative estimate of drug-likeness (QED) is 0.300. The largest absolute Gasteiger partial charge is 0.387 e. The van der Waals surface area contributed by atoms with Crippen LogP contribution in [0.15, 0.2) is 55.1 Å². The Bertz CT molecular complexity index is 1370. The Morgan fingerprint density at radius 3 is 2.69 bits per heavy atom. The number of nitrogens with one attached hydrogen (secondary N) is 1. The summed E-state index contributed by atoms with van der Waals surface area (Å²) in [6.07, 6.45) is 1.21. The zero-order valence-corrected chi connectivity index (χ0v) is 20.0. The number of nitrogens with two attached hydrogens (primary N) is 1. The van der Waals surface area contributed by atoms with Crippen molar-refractivity contribution < 1.29 is 19.7 Å². The number of carbonyl (C=O) groups excluding carboxylic acids is 1. The zero-order chi connectivity index (χ0) is 25.4. The number of amides is 1. The van der Waals surface area contributed by atoms with Gasteiger partial charge >= 0.3 is 0 Å². The fourth-order valence-corrected chi connectivity index (χ4v) is 4.59. The molecule has 1 aliphatic heterocycles. The van der Waals surface area contributed by atoms with Gasteiger partial charge in [0.15, 0.2) is 12.3 Å². The highest BCUT2D eigenvalue weighted by Gasteiger charge is 2.48.